The highest BCUT2D eigenvalue weighted by Gasteiger charge is 2.03. The quantitative estimate of drug-likeness (QED) is 0.661. The minimum absolute atomic E-state index is 0.538. The summed E-state index contributed by atoms with van der Waals surface area (Å²) in [6.45, 7) is 16.9. The Morgan fingerprint density at radius 2 is 1.56 bits per heavy atom. The van der Waals surface area contributed by atoms with Crippen molar-refractivity contribution in [3.8, 4) is 0 Å². The monoisotopic (exact) mass is 372 g/mol. The number of imidazole rings is 3. The molecule has 0 radical (unpaired) electrons. The number of hydrogen-bond acceptors (Lipinski definition) is 3. The van der Waals surface area contributed by atoms with Gasteiger partial charge in [0.05, 0.1) is 18.3 Å². The van der Waals surface area contributed by atoms with Crippen molar-refractivity contribution >= 4 is 0 Å². The van der Waals surface area contributed by atoms with E-state index < -0.39 is 0 Å². The van der Waals surface area contributed by atoms with Crippen LogP contribution in [0.5, 0.6) is 0 Å². The standard InChI is InChI=1S/3C7H12N2/c1-6(2)7-4-8-5-9(7)3;1-5(2)7-6(3)8-4-9-7;1-5(2)7-4-8-6(3)9-7/h4-6H,1-3H3;2*4-5H,1-3H3,(H,8,9). The van der Waals surface area contributed by atoms with Gasteiger partial charge in [-0.2, -0.15) is 0 Å². The lowest BCUT2D eigenvalue weighted by Gasteiger charge is -2.03. The molecule has 0 aromatic carbocycles. The number of H-pyrrole nitrogens is 2. The summed E-state index contributed by atoms with van der Waals surface area (Å²) in [5.74, 6) is 2.68. The van der Waals surface area contributed by atoms with Crippen LogP contribution in [0, 0.1) is 13.8 Å². The van der Waals surface area contributed by atoms with Gasteiger partial charge >= 0.3 is 0 Å². The minimum Gasteiger partial charge on any atom is -0.348 e. The summed E-state index contributed by atoms with van der Waals surface area (Å²) in [6, 6.07) is 0. The Labute approximate surface area is 163 Å². The van der Waals surface area contributed by atoms with E-state index in [0.29, 0.717) is 17.8 Å². The number of nitrogens with zero attached hydrogens (tertiary/aromatic N) is 4. The summed E-state index contributed by atoms with van der Waals surface area (Å²) >= 11 is 0. The Bertz CT molecular complexity index is 732. The first kappa shape index (κ1) is 22.7. The lowest BCUT2D eigenvalue weighted by molar-refractivity contribution is 0.740. The van der Waals surface area contributed by atoms with Crippen LogP contribution in [0.4, 0.5) is 0 Å². The number of aromatic nitrogens is 6. The summed E-state index contributed by atoms with van der Waals surface area (Å²) < 4.78 is 2.05. The van der Waals surface area contributed by atoms with Gasteiger partial charge in [-0.25, -0.2) is 15.0 Å². The fraction of sp³-hybridized carbons (Fsp3) is 0.571. The Morgan fingerprint density at radius 1 is 0.889 bits per heavy atom. The van der Waals surface area contributed by atoms with Gasteiger partial charge in [-0.05, 0) is 31.6 Å². The average Bonchev–Trinajstić information content (AvgIpc) is 3.29. The van der Waals surface area contributed by atoms with Crippen LogP contribution >= 0.6 is 0 Å². The summed E-state index contributed by atoms with van der Waals surface area (Å²) in [7, 11) is 2.02. The van der Waals surface area contributed by atoms with Crippen molar-refractivity contribution in [1.82, 2.24) is 29.5 Å². The molecule has 3 heterocycles. The largest absolute Gasteiger partial charge is 0.348 e. The van der Waals surface area contributed by atoms with Crippen LogP contribution in [-0.2, 0) is 7.05 Å². The molecule has 27 heavy (non-hydrogen) atoms. The number of rotatable bonds is 3. The molecule has 0 amide bonds. The lowest BCUT2D eigenvalue weighted by atomic mass is 10.1. The first-order chi connectivity index (χ1) is 12.6. The highest BCUT2D eigenvalue weighted by atomic mass is 15.0. The van der Waals surface area contributed by atoms with Crippen molar-refractivity contribution in [2.24, 2.45) is 7.05 Å². The van der Waals surface area contributed by atoms with Crippen molar-refractivity contribution in [3.05, 3.63) is 53.6 Å². The number of nitrogens with one attached hydrogen (secondary N) is 2. The molecule has 0 aliphatic heterocycles. The van der Waals surface area contributed by atoms with Crippen LogP contribution in [0.1, 0.15) is 87.9 Å². The zero-order valence-corrected chi connectivity index (χ0v) is 18.3. The molecule has 0 unspecified atom stereocenters. The molecular formula is C21H36N6. The van der Waals surface area contributed by atoms with Gasteiger partial charge in [-0.3, -0.25) is 0 Å². The molecule has 6 nitrogen and oxygen atoms in total. The zero-order chi connectivity index (χ0) is 20.6. The van der Waals surface area contributed by atoms with Gasteiger partial charge in [-0.15, -0.1) is 0 Å². The Hall–Kier alpha value is -2.37. The molecule has 3 aromatic rings. The third-order valence-electron chi connectivity index (χ3n) is 4.21. The molecule has 6 heteroatoms. The van der Waals surface area contributed by atoms with Gasteiger partial charge in [0, 0.05) is 36.5 Å². The molecule has 0 aliphatic carbocycles. The number of hydrogen-bond donors (Lipinski definition) is 2. The maximum absolute atomic E-state index is 4.16. The molecule has 0 saturated carbocycles. The molecular weight excluding hydrogens is 336 g/mol. The maximum Gasteiger partial charge on any atom is 0.103 e. The van der Waals surface area contributed by atoms with Gasteiger partial charge in [-0.1, -0.05) is 41.5 Å². The van der Waals surface area contributed by atoms with E-state index in [1.165, 1.54) is 22.8 Å². The normalized spacial score (nSPS) is 10.7. The molecule has 0 fully saturated rings. The molecule has 3 aromatic heterocycles. The molecule has 3 rings (SSSR count). The van der Waals surface area contributed by atoms with Crippen LogP contribution < -0.4 is 0 Å². The Balaban J connectivity index is 0.000000202. The van der Waals surface area contributed by atoms with Gasteiger partial charge in [0.1, 0.15) is 5.82 Å². The highest BCUT2D eigenvalue weighted by Crippen LogP contribution is 2.13. The van der Waals surface area contributed by atoms with Crippen LogP contribution in [0.2, 0.25) is 0 Å². The molecule has 0 saturated heterocycles. The minimum atomic E-state index is 0.538. The van der Waals surface area contributed by atoms with Crippen LogP contribution in [0.3, 0.4) is 0 Å². The van der Waals surface area contributed by atoms with Crippen LogP contribution in [0.15, 0.2) is 25.0 Å². The van der Waals surface area contributed by atoms with Gasteiger partial charge in [0.2, 0.25) is 0 Å². The van der Waals surface area contributed by atoms with E-state index in [1.807, 2.05) is 44.2 Å². The second kappa shape index (κ2) is 10.7. The van der Waals surface area contributed by atoms with Gasteiger partial charge < -0.3 is 14.5 Å². The summed E-state index contributed by atoms with van der Waals surface area (Å²) in [5, 5.41) is 0. The summed E-state index contributed by atoms with van der Waals surface area (Å²) in [5.41, 5.74) is 4.86. The fourth-order valence-electron chi connectivity index (χ4n) is 2.61. The van der Waals surface area contributed by atoms with Crippen molar-refractivity contribution in [1.29, 1.82) is 0 Å². The first-order valence-corrected chi connectivity index (χ1v) is 9.61. The second-order valence-corrected chi connectivity index (χ2v) is 7.73. The van der Waals surface area contributed by atoms with E-state index in [0.717, 1.165) is 5.82 Å². The van der Waals surface area contributed by atoms with Gasteiger partial charge in [0.25, 0.3) is 0 Å². The van der Waals surface area contributed by atoms with E-state index in [1.54, 1.807) is 6.33 Å². The zero-order valence-electron chi connectivity index (χ0n) is 18.3. The number of aromatic amines is 2. The fourth-order valence-corrected chi connectivity index (χ4v) is 2.61. The third-order valence-corrected chi connectivity index (χ3v) is 4.21. The SMILES string of the molecule is CC(C)c1cncn1C.Cc1[nH]cnc1C(C)C.Cc1ncc(C(C)C)[nH]1. The molecule has 0 spiro atoms. The van der Waals surface area contributed by atoms with Crippen LogP contribution in [0.25, 0.3) is 0 Å². The predicted octanol–water partition coefficient (Wildman–Crippen LogP) is 5.23. The second-order valence-electron chi connectivity index (χ2n) is 7.73. The van der Waals surface area contributed by atoms with Crippen molar-refractivity contribution in [2.75, 3.05) is 0 Å². The third kappa shape index (κ3) is 7.41. The topological polar surface area (TPSA) is 75.2 Å². The van der Waals surface area contributed by atoms with Gasteiger partial charge in [0.15, 0.2) is 0 Å². The van der Waals surface area contributed by atoms with E-state index in [2.05, 4.69) is 66.5 Å². The highest BCUT2D eigenvalue weighted by molar-refractivity contribution is 5.12. The smallest absolute Gasteiger partial charge is 0.103 e. The average molecular weight is 373 g/mol. The molecule has 0 atom stereocenters. The van der Waals surface area contributed by atoms with E-state index in [9.17, 15) is 0 Å². The lowest BCUT2D eigenvalue weighted by Crippen LogP contribution is -1.95. The molecule has 0 aliphatic rings. The maximum atomic E-state index is 4.16. The van der Waals surface area contributed by atoms with Crippen molar-refractivity contribution < 1.29 is 0 Å². The molecule has 0 bridgehead atoms. The van der Waals surface area contributed by atoms with E-state index >= 15 is 0 Å². The molecule has 2 N–H and O–H groups in total. The number of aryl methyl sites for hydroxylation is 3. The Kier molecular flexibility index (Phi) is 8.98. The molecule has 150 valence electrons. The first-order valence-electron chi connectivity index (χ1n) is 9.61. The van der Waals surface area contributed by atoms with E-state index in [4.69, 9.17) is 0 Å². The van der Waals surface area contributed by atoms with Crippen LogP contribution in [-0.4, -0.2) is 29.5 Å². The predicted molar refractivity (Wildman–Crippen MR) is 112 cm³/mol. The van der Waals surface area contributed by atoms with Crippen molar-refractivity contribution in [3.63, 3.8) is 0 Å². The van der Waals surface area contributed by atoms with E-state index in [-0.39, 0.29) is 0 Å². The summed E-state index contributed by atoms with van der Waals surface area (Å²) in [4.78, 5) is 18.5. The Morgan fingerprint density at radius 3 is 1.78 bits per heavy atom. The summed E-state index contributed by atoms with van der Waals surface area (Å²) in [6.07, 6.45) is 7.37. The van der Waals surface area contributed by atoms with Crippen molar-refractivity contribution in [2.45, 2.75) is 73.1 Å².